The molecule has 3 nitrogen and oxygen atoms in total. The average Bonchev–Trinajstić information content (AvgIpc) is 2.19. The summed E-state index contributed by atoms with van der Waals surface area (Å²) in [6, 6.07) is 4.32. The van der Waals surface area contributed by atoms with E-state index in [0.29, 0.717) is 0 Å². The average molecular weight is 193 g/mol. The van der Waals surface area contributed by atoms with Crippen LogP contribution < -0.4 is 5.73 Å². The van der Waals surface area contributed by atoms with Crippen LogP contribution >= 0.6 is 0 Å². The number of hydrogen-bond acceptors (Lipinski definition) is 3. The standard InChI is InChI=1S/C11H19N3/c1-3-11(12)9-14(2)8-10-5-4-6-13-7-10/h4-7,11H,3,8-9,12H2,1-2H3. The maximum absolute atomic E-state index is 5.87. The van der Waals surface area contributed by atoms with Crippen molar-refractivity contribution in [3.63, 3.8) is 0 Å². The van der Waals surface area contributed by atoms with Gasteiger partial charge in [0.25, 0.3) is 0 Å². The van der Waals surface area contributed by atoms with Gasteiger partial charge in [0.15, 0.2) is 0 Å². The zero-order valence-electron chi connectivity index (χ0n) is 8.98. The van der Waals surface area contributed by atoms with Crippen LogP contribution in [-0.4, -0.2) is 29.5 Å². The maximum Gasteiger partial charge on any atom is 0.0312 e. The predicted molar refractivity (Wildman–Crippen MR) is 58.8 cm³/mol. The van der Waals surface area contributed by atoms with Gasteiger partial charge in [-0.1, -0.05) is 13.0 Å². The Balaban J connectivity index is 2.37. The molecule has 1 heterocycles. The van der Waals surface area contributed by atoms with E-state index in [2.05, 4.69) is 29.9 Å². The highest BCUT2D eigenvalue weighted by molar-refractivity contribution is 5.07. The minimum Gasteiger partial charge on any atom is -0.327 e. The first-order valence-electron chi connectivity index (χ1n) is 5.05. The molecule has 0 aromatic carbocycles. The van der Waals surface area contributed by atoms with Gasteiger partial charge in [0.2, 0.25) is 0 Å². The van der Waals surface area contributed by atoms with Crippen molar-refractivity contribution >= 4 is 0 Å². The van der Waals surface area contributed by atoms with Crippen molar-refractivity contribution in [1.29, 1.82) is 0 Å². The molecule has 1 rings (SSSR count). The molecule has 0 bridgehead atoms. The van der Waals surface area contributed by atoms with E-state index in [9.17, 15) is 0 Å². The normalized spacial score (nSPS) is 13.1. The fourth-order valence-corrected chi connectivity index (χ4v) is 1.40. The van der Waals surface area contributed by atoms with Gasteiger partial charge < -0.3 is 10.6 Å². The molecule has 1 aromatic rings. The van der Waals surface area contributed by atoms with E-state index in [1.54, 1.807) is 6.20 Å². The summed E-state index contributed by atoms with van der Waals surface area (Å²) >= 11 is 0. The Morgan fingerprint density at radius 3 is 2.93 bits per heavy atom. The van der Waals surface area contributed by atoms with Gasteiger partial charge in [0, 0.05) is 31.5 Å². The fourth-order valence-electron chi connectivity index (χ4n) is 1.40. The number of rotatable bonds is 5. The van der Waals surface area contributed by atoms with E-state index in [0.717, 1.165) is 19.5 Å². The van der Waals surface area contributed by atoms with E-state index in [1.807, 2.05) is 12.3 Å². The predicted octanol–water partition coefficient (Wildman–Crippen LogP) is 1.25. The molecule has 0 amide bonds. The molecule has 0 saturated heterocycles. The van der Waals surface area contributed by atoms with Crippen LogP contribution in [0.3, 0.4) is 0 Å². The lowest BCUT2D eigenvalue weighted by atomic mass is 10.2. The van der Waals surface area contributed by atoms with Gasteiger partial charge in [-0.25, -0.2) is 0 Å². The van der Waals surface area contributed by atoms with Crippen LogP contribution in [0, 0.1) is 0 Å². The zero-order valence-corrected chi connectivity index (χ0v) is 8.98. The van der Waals surface area contributed by atoms with Crippen LogP contribution in [0.2, 0.25) is 0 Å². The summed E-state index contributed by atoms with van der Waals surface area (Å²) in [5.41, 5.74) is 7.10. The highest BCUT2D eigenvalue weighted by atomic mass is 15.1. The summed E-state index contributed by atoms with van der Waals surface area (Å²) in [7, 11) is 2.09. The second-order valence-electron chi connectivity index (χ2n) is 3.73. The molecule has 0 aliphatic carbocycles. The van der Waals surface area contributed by atoms with Crippen molar-refractivity contribution in [2.24, 2.45) is 5.73 Å². The van der Waals surface area contributed by atoms with Crippen LogP contribution in [0.25, 0.3) is 0 Å². The number of hydrogen-bond donors (Lipinski definition) is 1. The van der Waals surface area contributed by atoms with E-state index >= 15 is 0 Å². The molecule has 0 radical (unpaired) electrons. The molecule has 0 saturated carbocycles. The highest BCUT2D eigenvalue weighted by Crippen LogP contribution is 2.01. The summed E-state index contributed by atoms with van der Waals surface area (Å²) in [5, 5.41) is 0. The van der Waals surface area contributed by atoms with Crippen molar-refractivity contribution in [2.75, 3.05) is 13.6 Å². The first kappa shape index (κ1) is 11.1. The van der Waals surface area contributed by atoms with Gasteiger partial charge in [-0.15, -0.1) is 0 Å². The Bertz CT molecular complexity index is 248. The van der Waals surface area contributed by atoms with Crippen LogP contribution in [0.15, 0.2) is 24.5 Å². The first-order valence-corrected chi connectivity index (χ1v) is 5.05. The lowest BCUT2D eigenvalue weighted by Gasteiger charge is -2.20. The SMILES string of the molecule is CCC(N)CN(C)Cc1cccnc1. The lowest BCUT2D eigenvalue weighted by molar-refractivity contribution is 0.300. The monoisotopic (exact) mass is 193 g/mol. The van der Waals surface area contributed by atoms with Crippen LogP contribution in [-0.2, 0) is 6.54 Å². The van der Waals surface area contributed by atoms with Crippen molar-refractivity contribution in [2.45, 2.75) is 25.9 Å². The first-order chi connectivity index (χ1) is 6.72. The van der Waals surface area contributed by atoms with Gasteiger partial charge in [0.1, 0.15) is 0 Å². The Labute approximate surface area is 85.9 Å². The summed E-state index contributed by atoms with van der Waals surface area (Å²) in [4.78, 5) is 6.31. The second kappa shape index (κ2) is 5.73. The lowest BCUT2D eigenvalue weighted by Crippen LogP contribution is -2.34. The molecule has 78 valence electrons. The molecule has 0 aliphatic heterocycles. The van der Waals surface area contributed by atoms with Gasteiger partial charge >= 0.3 is 0 Å². The Morgan fingerprint density at radius 2 is 2.36 bits per heavy atom. The molecule has 1 unspecified atom stereocenters. The number of nitrogens with zero attached hydrogens (tertiary/aromatic N) is 2. The topological polar surface area (TPSA) is 42.1 Å². The quantitative estimate of drug-likeness (QED) is 0.765. The van der Waals surface area contributed by atoms with Crippen LogP contribution in [0.4, 0.5) is 0 Å². The van der Waals surface area contributed by atoms with Crippen molar-refractivity contribution in [3.8, 4) is 0 Å². The van der Waals surface area contributed by atoms with Gasteiger partial charge in [0.05, 0.1) is 0 Å². The zero-order chi connectivity index (χ0) is 10.4. The molecule has 0 fully saturated rings. The Hall–Kier alpha value is -0.930. The maximum atomic E-state index is 5.87. The number of likely N-dealkylation sites (N-methyl/N-ethyl adjacent to an activating group) is 1. The molecule has 1 aromatic heterocycles. The molecule has 14 heavy (non-hydrogen) atoms. The van der Waals surface area contributed by atoms with E-state index < -0.39 is 0 Å². The van der Waals surface area contributed by atoms with E-state index in [-0.39, 0.29) is 6.04 Å². The largest absolute Gasteiger partial charge is 0.327 e. The molecule has 0 aliphatic rings. The molecule has 0 spiro atoms. The van der Waals surface area contributed by atoms with Gasteiger partial charge in [-0.05, 0) is 25.1 Å². The fraction of sp³-hybridized carbons (Fsp3) is 0.545. The molecule has 2 N–H and O–H groups in total. The van der Waals surface area contributed by atoms with E-state index in [4.69, 9.17) is 5.73 Å². The Kier molecular flexibility index (Phi) is 4.56. The van der Waals surface area contributed by atoms with Crippen LogP contribution in [0.5, 0.6) is 0 Å². The molecule has 1 atom stereocenters. The van der Waals surface area contributed by atoms with Crippen LogP contribution in [0.1, 0.15) is 18.9 Å². The molecule has 3 heteroatoms. The third kappa shape index (κ3) is 3.85. The highest BCUT2D eigenvalue weighted by Gasteiger charge is 2.04. The molecular weight excluding hydrogens is 174 g/mol. The minimum atomic E-state index is 0.275. The number of nitrogens with two attached hydrogens (primary N) is 1. The van der Waals surface area contributed by atoms with E-state index in [1.165, 1.54) is 5.56 Å². The summed E-state index contributed by atoms with van der Waals surface area (Å²) in [5.74, 6) is 0. The minimum absolute atomic E-state index is 0.275. The third-order valence-electron chi connectivity index (χ3n) is 2.25. The third-order valence-corrected chi connectivity index (χ3v) is 2.25. The summed E-state index contributed by atoms with van der Waals surface area (Å²) in [6.45, 7) is 3.97. The number of aromatic nitrogens is 1. The molecular formula is C11H19N3. The van der Waals surface area contributed by atoms with Crippen molar-refractivity contribution < 1.29 is 0 Å². The van der Waals surface area contributed by atoms with Gasteiger partial charge in [-0.3, -0.25) is 4.98 Å². The number of pyridine rings is 1. The van der Waals surface area contributed by atoms with Crippen molar-refractivity contribution in [3.05, 3.63) is 30.1 Å². The smallest absolute Gasteiger partial charge is 0.0312 e. The summed E-state index contributed by atoms with van der Waals surface area (Å²) < 4.78 is 0. The second-order valence-corrected chi connectivity index (χ2v) is 3.73. The van der Waals surface area contributed by atoms with Crippen molar-refractivity contribution in [1.82, 2.24) is 9.88 Å². The Morgan fingerprint density at radius 1 is 1.57 bits per heavy atom. The summed E-state index contributed by atoms with van der Waals surface area (Å²) in [6.07, 6.45) is 4.71. The van der Waals surface area contributed by atoms with Gasteiger partial charge in [-0.2, -0.15) is 0 Å².